The van der Waals surface area contributed by atoms with Crippen molar-refractivity contribution < 1.29 is 13.9 Å². The minimum atomic E-state index is -0.509. The third-order valence-electron chi connectivity index (χ3n) is 7.08. The smallest absolute Gasteiger partial charge is 0.410 e. The van der Waals surface area contributed by atoms with E-state index in [1.807, 2.05) is 26.8 Å². The molecule has 1 aliphatic heterocycles. The van der Waals surface area contributed by atoms with Crippen LogP contribution < -0.4 is 5.32 Å². The molecule has 0 unspecified atom stereocenters. The minimum absolute atomic E-state index is 0.230. The highest BCUT2D eigenvalue weighted by Gasteiger charge is 2.30. The van der Waals surface area contributed by atoms with Crippen LogP contribution in [-0.4, -0.2) is 50.7 Å². The molecule has 1 amide bonds. The van der Waals surface area contributed by atoms with E-state index in [0.717, 1.165) is 52.5 Å². The lowest BCUT2D eigenvalue weighted by Gasteiger charge is -2.32. The standard InChI is InChI=1S/C29H36FN5O2S/c1-29(2,3)37-28(36)35-17-14-20(15-18-35)26-34-24(19-9-11-21(30)12-10-19)25(38-26)23-13-16-31-27(33-23)32-22-7-5-4-6-8-22/h9-13,16,20,22H,4-8,14-15,17-18H2,1-3H3,(H,31,32,33). The molecule has 5 rings (SSSR count). The van der Waals surface area contributed by atoms with Gasteiger partial charge in [-0.25, -0.2) is 24.1 Å². The Morgan fingerprint density at radius 2 is 1.74 bits per heavy atom. The van der Waals surface area contributed by atoms with Crippen molar-refractivity contribution in [3.05, 3.63) is 47.4 Å². The first kappa shape index (κ1) is 26.5. The summed E-state index contributed by atoms with van der Waals surface area (Å²) in [6.07, 6.45) is 9.19. The lowest BCUT2D eigenvalue weighted by Crippen LogP contribution is -2.41. The number of aromatic nitrogens is 3. The average molecular weight is 538 g/mol. The molecule has 3 heterocycles. The highest BCUT2D eigenvalue weighted by Crippen LogP contribution is 2.41. The van der Waals surface area contributed by atoms with Gasteiger partial charge in [-0.05, 0) is 76.8 Å². The normalized spacial score (nSPS) is 17.4. The second kappa shape index (κ2) is 11.4. The third-order valence-corrected chi connectivity index (χ3v) is 8.32. The van der Waals surface area contributed by atoms with Crippen LogP contribution >= 0.6 is 11.3 Å². The van der Waals surface area contributed by atoms with E-state index in [1.54, 1.807) is 34.6 Å². The van der Waals surface area contributed by atoms with Gasteiger partial charge in [-0.3, -0.25) is 0 Å². The summed E-state index contributed by atoms with van der Waals surface area (Å²) >= 11 is 1.63. The number of hydrogen-bond donors (Lipinski definition) is 1. The number of amides is 1. The maximum absolute atomic E-state index is 13.7. The highest BCUT2D eigenvalue weighted by atomic mass is 32.1. The summed E-state index contributed by atoms with van der Waals surface area (Å²) in [5, 5.41) is 4.54. The van der Waals surface area contributed by atoms with E-state index in [9.17, 15) is 9.18 Å². The van der Waals surface area contributed by atoms with Crippen molar-refractivity contribution in [2.24, 2.45) is 0 Å². The number of likely N-dealkylation sites (tertiary alicyclic amines) is 1. The lowest BCUT2D eigenvalue weighted by atomic mass is 9.96. The zero-order valence-corrected chi connectivity index (χ0v) is 23.2. The van der Waals surface area contributed by atoms with Crippen LogP contribution in [0.15, 0.2) is 36.5 Å². The Bertz CT molecular complexity index is 1240. The molecule has 202 valence electrons. The fraction of sp³-hybridized carbons (Fsp3) is 0.517. The Labute approximate surface area is 227 Å². The molecule has 0 bridgehead atoms. The van der Waals surface area contributed by atoms with Gasteiger partial charge < -0.3 is 15.0 Å². The van der Waals surface area contributed by atoms with Gasteiger partial charge in [0.05, 0.1) is 21.3 Å². The molecule has 1 aromatic carbocycles. The number of piperidine rings is 1. The molecule has 1 aliphatic carbocycles. The summed E-state index contributed by atoms with van der Waals surface area (Å²) in [6.45, 7) is 6.91. The number of hydrogen-bond acceptors (Lipinski definition) is 7. The Balaban J connectivity index is 1.39. The van der Waals surface area contributed by atoms with Crippen molar-refractivity contribution in [3.63, 3.8) is 0 Å². The Hall–Kier alpha value is -3.07. The number of carbonyl (C=O) groups is 1. The van der Waals surface area contributed by atoms with E-state index in [-0.39, 0.29) is 17.8 Å². The molecule has 1 saturated heterocycles. The SMILES string of the molecule is CC(C)(C)OC(=O)N1CCC(c2nc(-c3ccc(F)cc3)c(-c3ccnc(NC4CCCCC4)n3)s2)CC1. The number of rotatable bonds is 5. The van der Waals surface area contributed by atoms with Crippen LogP contribution in [0.25, 0.3) is 21.8 Å². The van der Waals surface area contributed by atoms with E-state index in [0.29, 0.717) is 25.1 Å². The van der Waals surface area contributed by atoms with Crippen LogP contribution in [-0.2, 0) is 4.74 Å². The number of halogens is 1. The van der Waals surface area contributed by atoms with Crippen LogP contribution in [0.1, 0.15) is 76.6 Å². The third kappa shape index (κ3) is 6.49. The second-order valence-corrected chi connectivity index (χ2v) is 12.3. The number of ether oxygens (including phenoxy) is 1. The van der Waals surface area contributed by atoms with Gasteiger partial charge in [-0.15, -0.1) is 11.3 Å². The van der Waals surface area contributed by atoms with Gasteiger partial charge >= 0.3 is 6.09 Å². The van der Waals surface area contributed by atoms with Crippen molar-refractivity contribution in [3.8, 4) is 21.8 Å². The van der Waals surface area contributed by atoms with Gasteiger partial charge in [0, 0.05) is 36.8 Å². The molecule has 2 fully saturated rings. The zero-order chi connectivity index (χ0) is 26.7. The van der Waals surface area contributed by atoms with Gasteiger partial charge in [0.2, 0.25) is 5.95 Å². The van der Waals surface area contributed by atoms with Gasteiger partial charge in [0.1, 0.15) is 11.4 Å². The van der Waals surface area contributed by atoms with E-state index >= 15 is 0 Å². The van der Waals surface area contributed by atoms with E-state index in [4.69, 9.17) is 14.7 Å². The molecule has 38 heavy (non-hydrogen) atoms. The van der Waals surface area contributed by atoms with Crippen molar-refractivity contribution >= 4 is 23.4 Å². The summed E-state index contributed by atoms with van der Waals surface area (Å²) in [5.74, 6) is 0.592. The van der Waals surface area contributed by atoms with Crippen molar-refractivity contribution in [1.29, 1.82) is 0 Å². The molecular weight excluding hydrogens is 501 g/mol. The molecule has 3 aromatic rings. The van der Waals surface area contributed by atoms with Crippen LogP contribution in [0, 0.1) is 5.82 Å². The molecule has 7 nitrogen and oxygen atoms in total. The van der Waals surface area contributed by atoms with Crippen molar-refractivity contribution in [2.45, 2.75) is 83.3 Å². The number of nitrogens with zero attached hydrogens (tertiary/aromatic N) is 4. The van der Waals surface area contributed by atoms with E-state index < -0.39 is 5.60 Å². The number of benzene rings is 1. The van der Waals surface area contributed by atoms with E-state index in [1.165, 1.54) is 31.4 Å². The Kier molecular flexibility index (Phi) is 7.93. The molecule has 0 radical (unpaired) electrons. The summed E-state index contributed by atoms with van der Waals surface area (Å²) in [5.41, 5.74) is 1.97. The van der Waals surface area contributed by atoms with Crippen LogP contribution in [0.5, 0.6) is 0 Å². The lowest BCUT2D eigenvalue weighted by molar-refractivity contribution is 0.0205. The largest absolute Gasteiger partial charge is 0.444 e. The predicted molar refractivity (Wildman–Crippen MR) is 149 cm³/mol. The monoisotopic (exact) mass is 537 g/mol. The molecule has 1 N–H and O–H groups in total. The van der Waals surface area contributed by atoms with Crippen LogP contribution in [0.4, 0.5) is 15.1 Å². The molecule has 2 aliphatic rings. The topological polar surface area (TPSA) is 80.2 Å². The molecule has 1 saturated carbocycles. The van der Waals surface area contributed by atoms with E-state index in [2.05, 4.69) is 10.3 Å². The van der Waals surface area contributed by atoms with Gasteiger partial charge in [0.25, 0.3) is 0 Å². The molecule has 2 aromatic heterocycles. The Morgan fingerprint density at radius 3 is 2.42 bits per heavy atom. The maximum Gasteiger partial charge on any atom is 0.410 e. The molecular formula is C29H36FN5O2S. The summed E-state index contributed by atoms with van der Waals surface area (Å²) in [4.78, 5) is 29.7. The summed E-state index contributed by atoms with van der Waals surface area (Å²) < 4.78 is 19.3. The molecule has 0 atom stereocenters. The summed E-state index contributed by atoms with van der Waals surface area (Å²) in [7, 11) is 0. The van der Waals surface area contributed by atoms with Crippen LogP contribution in [0.3, 0.4) is 0 Å². The first-order chi connectivity index (χ1) is 18.2. The first-order valence-corrected chi connectivity index (χ1v) is 14.4. The zero-order valence-electron chi connectivity index (χ0n) is 22.4. The van der Waals surface area contributed by atoms with Gasteiger partial charge in [0.15, 0.2) is 0 Å². The average Bonchev–Trinajstić information content (AvgIpc) is 3.35. The second-order valence-electron chi connectivity index (χ2n) is 11.2. The fourth-order valence-electron chi connectivity index (χ4n) is 5.11. The number of anilines is 1. The number of carbonyl (C=O) groups excluding carboxylic acids is 1. The summed E-state index contributed by atoms with van der Waals surface area (Å²) in [6, 6.07) is 8.79. The quantitative estimate of drug-likeness (QED) is 0.369. The maximum atomic E-state index is 13.7. The predicted octanol–water partition coefficient (Wildman–Crippen LogP) is 7.27. The van der Waals surface area contributed by atoms with Gasteiger partial charge in [-0.1, -0.05) is 19.3 Å². The van der Waals surface area contributed by atoms with Crippen molar-refractivity contribution in [2.75, 3.05) is 18.4 Å². The molecule has 0 spiro atoms. The van der Waals surface area contributed by atoms with Crippen molar-refractivity contribution in [1.82, 2.24) is 19.9 Å². The van der Waals surface area contributed by atoms with Crippen LogP contribution in [0.2, 0.25) is 0 Å². The first-order valence-electron chi connectivity index (χ1n) is 13.6. The van der Waals surface area contributed by atoms with Gasteiger partial charge in [-0.2, -0.15) is 0 Å². The Morgan fingerprint density at radius 1 is 1.03 bits per heavy atom. The highest BCUT2D eigenvalue weighted by molar-refractivity contribution is 7.15. The fourth-order valence-corrected chi connectivity index (χ4v) is 6.33. The number of thiazole rings is 1. The minimum Gasteiger partial charge on any atom is -0.444 e. The number of nitrogens with one attached hydrogen (secondary N) is 1. The molecule has 9 heteroatoms.